The third-order valence-corrected chi connectivity index (χ3v) is 7.12. The normalized spacial score (nSPS) is 18.4. The standard InChI is InChI=1S/C24H28O3S/c1-23(2)13-14-24(3,4)22-16-18(8-11-21(22)23)20(12-15-25)17-6-9-19(10-7-17)28(5,26)27/h6-12,15-16H,13-14H2,1-5H3. The molecule has 4 heteroatoms. The van der Waals surface area contributed by atoms with E-state index in [9.17, 15) is 13.2 Å². The predicted octanol–water partition coefficient (Wildman–Crippen LogP) is 5.07. The van der Waals surface area contributed by atoms with Gasteiger partial charge in [-0.05, 0) is 69.7 Å². The molecular weight excluding hydrogens is 368 g/mol. The minimum Gasteiger partial charge on any atom is -0.299 e. The summed E-state index contributed by atoms with van der Waals surface area (Å²) < 4.78 is 23.5. The molecule has 2 aromatic carbocycles. The van der Waals surface area contributed by atoms with Crippen molar-refractivity contribution in [3.63, 3.8) is 0 Å². The fourth-order valence-corrected chi connectivity index (χ4v) is 4.70. The van der Waals surface area contributed by atoms with E-state index in [4.69, 9.17) is 0 Å². The van der Waals surface area contributed by atoms with Gasteiger partial charge in [-0.3, -0.25) is 4.79 Å². The number of carbonyl (C=O) groups excluding carboxylic acids is 1. The van der Waals surface area contributed by atoms with Gasteiger partial charge in [0.1, 0.15) is 6.29 Å². The van der Waals surface area contributed by atoms with Crippen molar-refractivity contribution in [1.29, 1.82) is 0 Å². The van der Waals surface area contributed by atoms with Gasteiger partial charge in [-0.15, -0.1) is 0 Å². The van der Waals surface area contributed by atoms with Crippen LogP contribution < -0.4 is 0 Å². The lowest BCUT2D eigenvalue weighted by atomic mass is 9.63. The van der Waals surface area contributed by atoms with Crippen LogP contribution in [-0.2, 0) is 25.5 Å². The van der Waals surface area contributed by atoms with Crippen LogP contribution in [0.25, 0.3) is 5.57 Å². The van der Waals surface area contributed by atoms with Crippen molar-refractivity contribution < 1.29 is 13.2 Å². The lowest BCUT2D eigenvalue weighted by molar-refractivity contribution is -0.104. The molecule has 0 heterocycles. The largest absolute Gasteiger partial charge is 0.299 e. The third-order valence-electron chi connectivity index (χ3n) is 5.99. The SMILES string of the molecule is CC1(C)CCC(C)(C)c2cc(C(=CC=O)c3ccc(S(C)(=O)=O)cc3)ccc21. The first-order chi connectivity index (χ1) is 13.0. The van der Waals surface area contributed by atoms with E-state index in [1.807, 2.05) is 0 Å². The molecule has 28 heavy (non-hydrogen) atoms. The Hall–Kier alpha value is -2.20. The second kappa shape index (κ2) is 7.00. The number of benzene rings is 2. The summed E-state index contributed by atoms with van der Waals surface area (Å²) in [6.07, 6.45) is 5.80. The Bertz CT molecular complexity index is 1040. The van der Waals surface area contributed by atoms with E-state index < -0.39 is 9.84 Å². The molecular formula is C24H28O3S. The maximum absolute atomic E-state index is 11.7. The van der Waals surface area contributed by atoms with E-state index >= 15 is 0 Å². The van der Waals surface area contributed by atoms with Gasteiger partial charge in [0.05, 0.1) is 4.90 Å². The maximum atomic E-state index is 11.7. The highest BCUT2D eigenvalue weighted by Gasteiger charge is 2.37. The molecule has 0 saturated heterocycles. The maximum Gasteiger partial charge on any atom is 0.175 e. The molecule has 0 amide bonds. The molecule has 148 valence electrons. The first kappa shape index (κ1) is 20.5. The summed E-state index contributed by atoms with van der Waals surface area (Å²) >= 11 is 0. The van der Waals surface area contributed by atoms with Gasteiger partial charge < -0.3 is 0 Å². The van der Waals surface area contributed by atoms with Crippen LogP contribution in [0.4, 0.5) is 0 Å². The summed E-state index contributed by atoms with van der Waals surface area (Å²) in [5.41, 5.74) is 5.51. The van der Waals surface area contributed by atoms with Gasteiger partial charge in [-0.2, -0.15) is 0 Å². The zero-order chi connectivity index (χ0) is 20.7. The molecule has 1 aliphatic rings. The highest BCUT2D eigenvalue weighted by molar-refractivity contribution is 7.90. The molecule has 2 aromatic rings. The van der Waals surface area contributed by atoms with Crippen molar-refractivity contribution in [2.45, 2.75) is 56.3 Å². The highest BCUT2D eigenvalue weighted by Crippen LogP contribution is 2.46. The van der Waals surface area contributed by atoms with Gasteiger partial charge in [0.2, 0.25) is 0 Å². The summed E-state index contributed by atoms with van der Waals surface area (Å²) in [6.45, 7) is 9.11. The van der Waals surface area contributed by atoms with Crippen molar-refractivity contribution in [3.05, 3.63) is 70.8 Å². The molecule has 0 spiro atoms. The van der Waals surface area contributed by atoms with Crippen LogP contribution in [0.1, 0.15) is 62.8 Å². The average Bonchev–Trinajstić information content (AvgIpc) is 2.63. The van der Waals surface area contributed by atoms with Crippen LogP contribution in [0, 0.1) is 0 Å². The summed E-state index contributed by atoms with van der Waals surface area (Å²) in [5, 5.41) is 0. The van der Waals surface area contributed by atoms with Gasteiger partial charge in [-0.25, -0.2) is 8.42 Å². The molecule has 3 nitrogen and oxygen atoms in total. The van der Waals surface area contributed by atoms with Gasteiger partial charge >= 0.3 is 0 Å². The summed E-state index contributed by atoms with van der Waals surface area (Å²) in [4.78, 5) is 11.6. The van der Waals surface area contributed by atoms with Gasteiger partial charge in [0.25, 0.3) is 0 Å². The van der Waals surface area contributed by atoms with Gasteiger partial charge in [0.15, 0.2) is 9.84 Å². The Balaban J connectivity index is 2.12. The quantitative estimate of drug-likeness (QED) is 0.535. The van der Waals surface area contributed by atoms with Crippen molar-refractivity contribution in [2.24, 2.45) is 0 Å². The van der Waals surface area contributed by atoms with Gasteiger partial charge in [-0.1, -0.05) is 58.0 Å². The van der Waals surface area contributed by atoms with E-state index in [-0.39, 0.29) is 15.7 Å². The van der Waals surface area contributed by atoms with E-state index in [2.05, 4.69) is 45.9 Å². The Kier molecular flexibility index (Phi) is 5.13. The Labute approximate surface area is 168 Å². The third kappa shape index (κ3) is 3.83. The van der Waals surface area contributed by atoms with Crippen LogP contribution in [0.15, 0.2) is 53.4 Å². The highest BCUT2D eigenvalue weighted by atomic mass is 32.2. The molecule has 0 radical (unpaired) electrons. The number of allylic oxidation sites excluding steroid dienone is 1. The molecule has 3 rings (SSSR count). The summed E-state index contributed by atoms with van der Waals surface area (Å²) in [7, 11) is -3.25. The molecule has 0 aromatic heterocycles. The molecule has 0 bridgehead atoms. The fraction of sp³-hybridized carbons (Fsp3) is 0.375. The molecule has 0 unspecified atom stereocenters. The van der Waals surface area contributed by atoms with Crippen molar-refractivity contribution in [1.82, 2.24) is 0 Å². The van der Waals surface area contributed by atoms with E-state index in [1.54, 1.807) is 30.3 Å². The molecule has 0 atom stereocenters. The van der Waals surface area contributed by atoms with Gasteiger partial charge in [0, 0.05) is 6.26 Å². The van der Waals surface area contributed by atoms with Crippen molar-refractivity contribution >= 4 is 21.7 Å². The molecule has 1 aliphatic carbocycles. The molecule has 0 aliphatic heterocycles. The van der Waals surface area contributed by atoms with Crippen LogP contribution in [0.2, 0.25) is 0 Å². The smallest absolute Gasteiger partial charge is 0.175 e. The number of rotatable bonds is 4. The fourth-order valence-electron chi connectivity index (χ4n) is 4.07. The Morgan fingerprint density at radius 1 is 0.857 bits per heavy atom. The number of hydrogen-bond donors (Lipinski definition) is 0. The van der Waals surface area contributed by atoms with Crippen LogP contribution in [0.3, 0.4) is 0 Å². The minimum atomic E-state index is -3.25. The zero-order valence-electron chi connectivity index (χ0n) is 17.2. The van der Waals surface area contributed by atoms with Crippen LogP contribution in [-0.4, -0.2) is 21.0 Å². The van der Waals surface area contributed by atoms with E-state index in [1.165, 1.54) is 17.4 Å². The second-order valence-corrected chi connectivity index (χ2v) is 11.1. The second-order valence-electron chi connectivity index (χ2n) is 9.04. The number of aldehydes is 1. The Morgan fingerprint density at radius 3 is 1.93 bits per heavy atom. The van der Waals surface area contributed by atoms with E-state index in [0.717, 1.165) is 35.8 Å². The lowest BCUT2D eigenvalue weighted by Gasteiger charge is -2.42. The zero-order valence-corrected chi connectivity index (χ0v) is 18.1. The molecule has 0 fully saturated rings. The summed E-state index contributed by atoms with van der Waals surface area (Å²) in [6, 6.07) is 13.2. The number of hydrogen-bond acceptors (Lipinski definition) is 3. The first-order valence-electron chi connectivity index (χ1n) is 9.57. The number of carbonyl (C=O) groups is 1. The number of sulfone groups is 1. The topological polar surface area (TPSA) is 51.2 Å². The monoisotopic (exact) mass is 396 g/mol. The summed E-state index contributed by atoms with van der Waals surface area (Å²) in [5.74, 6) is 0. The van der Waals surface area contributed by atoms with Crippen LogP contribution in [0.5, 0.6) is 0 Å². The predicted molar refractivity (Wildman–Crippen MR) is 114 cm³/mol. The van der Waals surface area contributed by atoms with Crippen LogP contribution >= 0.6 is 0 Å². The first-order valence-corrected chi connectivity index (χ1v) is 11.5. The van der Waals surface area contributed by atoms with E-state index in [0.29, 0.717) is 0 Å². The Morgan fingerprint density at radius 2 is 1.39 bits per heavy atom. The molecule has 0 saturated carbocycles. The minimum absolute atomic E-state index is 0.0767. The molecule has 0 N–H and O–H groups in total. The average molecular weight is 397 g/mol. The van der Waals surface area contributed by atoms with Crippen molar-refractivity contribution in [2.75, 3.05) is 6.26 Å². The lowest BCUT2D eigenvalue weighted by Crippen LogP contribution is -2.33. The number of fused-ring (bicyclic) bond motifs is 1. The van der Waals surface area contributed by atoms with Crippen molar-refractivity contribution in [3.8, 4) is 0 Å².